The predicted octanol–water partition coefficient (Wildman–Crippen LogP) is 2.55. The molecule has 1 aliphatic carbocycles. The van der Waals surface area contributed by atoms with Gasteiger partial charge in [-0.05, 0) is 63.0 Å². The third-order valence-electron chi connectivity index (χ3n) is 6.61. The van der Waals surface area contributed by atoms with E-state index < -0.39 is 0 Å². The highest BCUT2D eigenvalue weighted by molar-refractivity contribution is 5.42. The average Bonchev–Trinajstić information content (AvgIpc) is 3.21. The summed E-state index contributed by atoms with van der Waals surface area (Å²) < 4.78 is 2.10. The van der Waals surface area contributed by atoms with Gasteiger partial charge in [0, 0.05) is 38.6 Å². The number of piperidine rings is 1. The fraction of sp³-hybridized carbons (Fsp3) is 0.591. The van der Waals surface area contributed by atoms with Gasteiger partial charge in [-0.1, -0.05) is 24.3 Å². The maximum absolute atomic E-state index is 4.47. The molecule has 1 aliphatic heterocycles. The van der Waals surface area contributed by atoms with Gasteiger partial charge in [0.2, 0.25) is 0 Å². The summed E-state index contributed by atoms with van der Waals surface area (Å²) in [5, 5.41) is 3.80. The van der Waals surface area contributed by atoms with E-state index in [9.17, 15) is 0 Å². The molecule has 1 N–H and O–H groups in total. The number of aryl methyl sites for hydroxylation is 1. The zero-order valence-electron chi connectivity index (χ0n) is 17.0. The summed E-state index contributed by atoms with van der Waals surface area (Å²) in [5.74, 6) is 1.10. The minimum Gasteiger partial charge on any atom is -0.337 e. The molecule has 1 saturated heterocycles. The van der Waals surface area contributed by atoms with Crippen molar-refractivity contribution in [3.63, 3.8) is 0 Å². The zero-order valence-corrected chi connectivity index (χ0v) is 17.0. The number of imidazole rings is 1. The Bertz CT molecular complexity index is 758. The van der Waals surface area contributed by atoms with Crippen LogP contribution in [0, 0.1) is 0 Å². The molecule has 27 heavy (non-hydrogen) atoms. The van der Waals surface area contributed by atoms with Gasteiger partial charge in [-0.3, -0.25) is 0 Å². The molecular formula is C22H33N5. The quantitative estimate of drug-likeness (QED) is 0.851. The van der Waals surface area contributed by atoms with Crippen molar-refractivity contribution < 1.29 is 0 Å². The summed E-state index contributed by atoms with van der Waals surface area (Å²) in [5.41, 5.74) is 3.45. The Hall–Kier alpha value is -1.69. The third-order valence-corrected chi connectivity index (χ3v) is 6.61. The lowest BCUT2D eigenvalue weighted by molar-refractivity contribution is 0.143. The highest BCUT2D eigenvalue weighted by Crippen LogP contribution is 2.50. The first kappa shape index (κ1) is 18.7. The molecule has 0 radical (unpaired) electrons. The Labute approximate surface area is 163 Å². The molecule has 1 aromatic carbocycles. The van der Waals surface area contributed by atoms with Crippen LogP contribution in [0.25, 0.3) is 0 Å². The fourth-order valence-corrected chi connectivity index (χ4v) is 4.88. The van der Waals surface area contributed by atoms with Crippen LogP contribution < -0.4 is 5.32 Å². The highest BCUT2D eigenvalue weighted by atomic mass is 15.2. The maximum atomic E-state index is 4.47. The number of nitrogens with one attached hydrogen (secondary N) is 1. The number of benzene rings is 1. The van der Waals surface area contributed by atoms with E-state index in [0.29, 0.717) is 11.5 Å². The molecule has 1 aromatic heterocycles. The third kappa shape index (κ3) is 3.82. The van der Waals surface area contributed by atoms with Crippen LogP contribution in [-0.4, -0.2) is 59.6 Å². The molecule has 0 bridgehead atoms. The first-order chi connectivity index (χ1) is 13.1. The van der Waals surface area contributed by atoms with E-state index in [1.807, 2.05) is 12.4 Å². The Morgan fingerprint density at radius 1 is 1.22 bits per heavy atom. The zero-order chi connectivity index (χ0) is 18.9. The molecule has 4 rings (SSSR count). The smallest absolute Gasteiger partial charge is 0.122 e. The largest absolute Gasteiger partial charge is 0.337 e. The van der Waals surface area contributed by atoms with Crippen molar-refractivity contribution in [2.24, 2.45) is 7.05 Å². The van der Waals surface area contributed by atoms with E-state index in [1.165, 1.54) is 44.5 Å². The lowest BCUT2D eigenvalue weighted by Gasteiger charge is -2.40. The molecule has 1 fully saturated rings. The van der Waals surface area contributed by atoms with Crippen LogP contribution in [0.4, 0.5) is 0 Å². The molecule has 146 valence electrons. The van der Waals surface area contributed by atoms with E-state index in [1.54, 1.807) is 5.56 Å². The van der Waals surface area contributed by atoms with Crippen molar-refractivity contribution >= 4 is 0 Å². The molecule has 2 aliphatic rings. The van der Waals surface area contributed by atoms with Gasteiger partial charge in [-0.2, -0.15) is 0 Å². The van der Waals surface area contributed by atoms with Gasteiger partial charge in [0.05, 0.1) is 6.54 Å². The molecule has 2 heterocycles. The minimum atomic E-state index is 0.352. The second-order valence-corrected chi connectivity index (χ2v) is 8.60. The Morgan fingerprint density at radius 3 is 2.70 bits per heavy atom. The van der Waals surface area contributed by atoms with Gasteiger partial charge in [0.1, 0.15) is 5.82 Å². The van der Waals surface area contributed by atoms with Gasteiger partial charge in [-0.25, -0.2) is 4.98 Å². The first-order valence-electron chi connectivity index (χ1n) is 10.2. The number of hydrogen-bond donors (Lipinski definition) is 1. The second-order valence-electron chi connectivity index (χ2n) is 8.60. The summed E-state index contributed by atoms with van der Waals surface area (Å²) in [4.78, 5) is 9.40. The maximum Gasteiger partial charge on any atom is 0.122 e. The molecule has 1 spiro atoms. The lowest BCUT2D eigenvalue weighted by Crippen LogP contribution is -2.44. The van der Waals surface area contributed by atoms with Crippen molar-refractivity contribution in [2.75, 3.05) is 40.3 Å². The van der Waals surface area contributed by atoms with Crippen LogP contribution >= 0.6 is 0 Å². The number of likely N-dealkylation sites (tertiary alicyclic amines) is 1. The number of fused-ring (bicyclic) bond motifs is 2. The van der Waals surface area contributed by atoms with Gasteiger partial charge in [0.25, 0.3) is 0 Å². The summed E-state index contributed by atoms with van der Waals surface area (Å²) in [6.45, 7) is 5.60. The number of hydrogen-bond acceptors (Lipinski definition) is 4. The van der Waals surface area contributed by atoms with Crippen molar-refractivity contribution in [1.29, 1.82) is 0 Å². The fourth-order valence-electron chi connectivity index (χ4n) is 4.88. The van der Waals surface area contributed by atoms with Crippen LogP contribution in [0.3, 0.4) is 0 Å². The number of aromatic nitrogens is 2. The van der Waals surface area contributed by atoms with E-state index in [0.717, 1.165) is 18.9 Å². The molecule has 2 aromatic rings. The standard InChI is InChI=1S/C22H33N5/c1-25(2)14-15-27-11-8-22(9-12-27)16-20(18-6-4-5-7-19(18)22)24-17-21-23-10-13-26(21)3/h4-7,10,13,20,24H,8-9,11-12,14-17H2,1-3H3. The molecule has 5 nitrogen and oxygen atoms in total. The summed E-state index contributed by atoms with van der Waals surface area (Å²) in [7, 11) is 6.39. The van der Waals surface area contributed by atoms with E-state index in [4.69, 9.17) is 0 Å². The van der Waals surface area contributed by atoms with Gasteiger partial charge >= 0.3 is 0 Å². The highest BCUT2D eigenvalue weighted by Gasteiger charge is 2.45. The summed E-state index contributed by atoms with van der Waals surface area (Å²) in [6, 6.07) is 9.57. The minimum absolute atomic E-state index is 0.352. The van der Waals surface area contributed by atoms with Crippen LogP contribution in [0.15, 0.2) is 36.7 Å². The van der Waals surface area contributed by atoms with Crippen molar-refractivity contribution in [1.82, 2.24) is 24.7 Å². The van der Waals surface area contributed by atoms with Crippen LogP contribution in [0.1, 0.15) is 42.3 Å². The second kappa shape index (κ2) is 7.74. The van der Waals surface area contributed by atoms with Gasteiger partial charge < -0.3 is 19.7 Å². The summed E-state index contributed by atoms with van der Waals surface area (Å²) >= 11 is 0. The molecular weight excluding hydrogens is 334 g/mol. The Morgan fingerprint density at radius 2 is 2.00 bits per heavy atom. The predicted molar refractivity (Wildman–Crippen MR) is 110 cm³/mol. The lowest BCUT2D eigenvalue weighted by atomic mass is 9.73. The van der Waals surface area contributed by atoms with Crippen molar-refractivity contribution in [2.45, 2.75) is 37.3 Å². The molecule has 0 amide bonds. The number of nitrogens with zero attached hydrogens (tertiary/aromatic N) is 4. The Balaban J connectivity index is 1.45. The molecule has 0 saturated carbocycles. The van der Waals surface area contributed by atoms with E-state index in [2.05, 4.69) is 70.1 Å². The summed E-state index contributed by atoms with van der Waals surface area (Å²) in [6.07, 6.45) is 7.67. The first-order valence-corrected chi connectivity index (χ1v) is 10.2. The SMILES string of the molecule is CN(C)CCN1CCC2(CC1)CC(NCc1nccn1C)c1ccccc12. The number of rotatable bonds is 6. The van der Waals surface area contributed by atoms with Gasteiger partial charge in [-0.15, -0.1) is 0 Å². The average molecular weight is 368 g/mol. The van der Waals surface area contributed by atoms with Crippen molar-refractivity contribution in [3.8, 4) is 0 Å². The number of likely N-dealkylation sites (N-methyl/N-ethyl adjacent to an activating group) is 1. The van der Waals surface area contributed by atoms with Crippen LogP contribution in [0.5, 0.6) is 0 Å². The normalized spacial score (nSPS) is 21.9. The molecule has 1 unspecified atom stereocenters. The topological polar surface area (TPSA) is 36.3 Å². The van der Waals surface area contributed by atoms with Crippen LogP contribution in [0.2, 0.25) is 0 Å². The molecule has 5 heteroatoms. The Kier molecular flexibility index (Phi) is 5.35. The van der Waals surface area contributed by atoms with E-state index in [-0.39, 0.29) is 0 Å². The van der Waals surface area contributed by atoms with Gasteiger partial charge in [0.15, 0.2) is 0 Å². The monoisotopic (exact) mass is 367 g/mol. The van der Waals surface area contributed by atoms with Crippen molar-refractivity contribution in [3.05, 3.63) is 53.6 Å². The van der Waals surface area contributed by atoms with E-state index >= 15 is 0 Å². The molecule has 1 atom stereocenters. The van der Waals surface area contributed by atoms with Crippen LogP contribution in [-0.2, 0) is 19.0 Å².